The predicted octanol–water partition coefficient (Wildman–Crippen LogP) is 3.53. The smallest absolute Gasteiger partial charge is 0.175 e. The number of aryl methyl sites for hydroxylation is 1. The fourth-order valence-electron chi connectivity index (χ4n) is 3.65. The van der Waals surface area contributed by atoms with Crippen LogP contribution in [0.1, 0.15) is 37.0 Å². The second-order valence-corrected chi connectivity index (χ2v) is 9.82. The summed E-state index contributed by atoms with van der Waals surface area (Å²) >= 11 is 0. The molecule has 146 valence electrons. The fourth-order valence-corrected chi connectivity index (χ4v) is 4.62. The summed E-state index contributed by atoms with van der Waals surface area (Å²) in [6.45, 7) is 5.78. The molecule has 1 N–H and O–H groups in total. The zero-order valence-corrected chi connectivity index (χ0v) is 17.1. The van der Waals surface area contributed by atoms with Gasteiger partial charge in [-0.15, -0.1) is 0 Å². The Kier molecular flexibility index (Phi) is 5.23. The Morgan fingerprint density at radius 1 is 1.19 bits per heavy atom. The molecule has 0 radical (unpaired) electrons. The normalized spacial score (nSPS) is 15.0. The van der Waals surface area contributed by atoms with Gasteiger partial charge in [-0.25, -0.2) is 8.42 Å². The maximum Gasteiger partial charge on any atom is 0.175 e. The Labute approximate surface area is 161 Å². The molecule has 27 heavy (non-hydrogen) atoms. The number of hydrogen-bond acceptors (Lipinski definition) is 5. The molecule has 0 fully saturated rings. The van der Waals surface area contributed by atoms with Crippen molar-refractivity contribution in [3.63, 3.8) is 0 Å². The van der Waals surface area contributed by atoms with Crippen molar-refractivity contribution in [2.75, 3.05) is 13.4 Å². The molecule has 0 saturated carbocycles. The van der Waals surface area contributed by atoms with E-state index in [-0.39, 0.29) is 11.3 Å². The molecule has 0 aliphatic carbocycles. The quantitative estimate of drug-likeness (QED) is 0.819. The van der Waals surface area contributed by atoms with E-state index in [1.165, 1.54) is 6.26 Å². The summed E-state index contributed by atoms with van der Waals surface area (Å²) in [5.74, 6) is 0.625. The van der Waals surface area contributed by atoms with Crippen LogP contribution in [0.4, 0.5) is 0 Å². The summed E-state index contributed by atoms with van der Waals surface area (Å²) in [6.07, 6.45) is 3.02. The van der Waals surface area contributed by atoms with Crippen molar-refractivity contribution in [2.24, 2.45) is 0 Å². The number of phenolic OH excluding ortho intramolecular Hbond substituents is 1. The molecule has 5 nitrogen and oxygen atoms in total. The molecule has 6 heteroatoms. The molecule has 0 bridgehead atoms. The van der Waals surface area contributed by atoms with E-state index in [0.717, 1.165) is 36.1 Å². The predicted molar refractivity (Wildman–Crippen MR) is 106 cm³/mol. The topological polar surface area (TPSA) is 66.8 Å². The van der Waals surface area contributed by atoms with E-state index < -0.39 is 9.84 Å². The van der Waals surface area contributed by atoms with Gasteiger partial charge in [-0.3, -0.25) is 4.90 Å². The first kappa shape index (κ1) is 19.7. The summed E-state index contributed by atoms with van der Waals surface area (Å²) in [7, 11) is -1.68. The van der Waals surface area contributed by atoms with E-state index in [2.05, 4.69) is 18.7 Å². The number of rotatable bonds is 6. The molecule has 3 rings (SSSR count). The molecular formula is C21H27NO4S. The van der Waals surface area contributed by atoms with Crippen molar-refractivity contribution < 1.29 is 18.3 Å². The third kappa shape index (κ3) is 4.12. The molecule has 2 aromatic rings. The van der Waals surface area contributed by atoms with Gasteiger partial charge >= 0.3 is 0 Å². The minimum Gasteiger partial charge on any atom is -0.504 e. The first-order valence-corrected chi connectivity index (χ1v) is 10.9. The van der Waals surface area contributed by atoms with E-state index in [1.54, 1.807) is 19.2 Å². The molecule has 1 aliphatic heterocycles. The summed E-state index contributed by atoms with van der Waals surface area (Å²) < 4.78 is 29.4. The number of methoxy groups -OCH3 is 1. The first-order chi connectivity index (χ1) is 12.6. The number of hydrogen-bond donors (Lipinski definition) is 1. The van der Waals surface area contributed by atoms with Crippen molar-refractivity contribution in [3.05, 3.63) is 53.1 Å². The van der Waals surface area contributed by atoms with Crippen LogP contribution >= 0.6 is 0 Å². The van der Waals surface area contributed by atoms with Gasteiger partial charge in [0.1, 0.15) is 0 Å². The lowest BCUT2D eigenvalue weighted by molar-refractivity contribution is 0.109. The molecule has 1 aliphatic rings. The van der Waals surface area contributed by atoms with E-state index >= 15 is 0 Å². The molecule has 0 amide bonds. The van der Waals surface area contributed by atoms with Crippen LogP contribution in [0.2, 0.25) is 0 Å². The van der Waals surface area contributed by atoms with E-state index in [9.17, 15) is 13.5 Å². The Bertz CT molecular complexity index is 951. The molecule has 0 aromatic heterocycles. The highest BCUT2D eigenvalue weighted by Gasteiger charge is 2.33. The lowest BCUT2D eigenvalue weighted by Gasteiger charge is -2.35. The van der Waals surface area contributed by atoms with Crippen molar-refractivity contribution in [1.82, 2.24) is 4.90 Å². The van der Waals surface area contributed by atoms with E-state index in [4.69, 9.17) is 4.74 Å². The highest BCUT2D eigenvalue weighted by Crippen LogP contribution is 2.35. The lowest BCUT2D eigenvalue weighted by atomic mass is 9.93. The van der Waals surface area contributed by atoms with Gasteiger partial charge in [0, 0.05) is 24.9 Å². The maximum atomic E-state index is 12.1. The van der Waals surface area contributed by atoms with Crippen molar-refractivity contribution in [2.45, 2.75) is 50.2 Å². The van der Waals surface area contributed by atoms with Crippen LogP contribution in [0.15, 0.2) is 41.3 Å². The monoisotopic (exact) mass is 389 g/mol. The minimum atomic E-state index is -3.23. The molecule has 0 unspecified atom stereocenters. The van der Waals surface area contributed by atoms with Gasteiger partial charge in [0.05, 0.1) is 12.0 Å². The van der Waals surface area contributed by atoms with Crippen LogP contribution in [0.25, 0.3) is 0 Å². The SMILES string of the molecule is COc1cc(CCC(C)(C)N2Cc3cccc(S(C)(=O)=O)c3C2)ccc1O. The summed E-state index contributed by atoms with van der Waals surface area (Å²) in [4.78, 5) is 2.78. The van der Waals surface area contributed by atoms with Gasteiger partial charge in [0.15, 0.2) is 21.3 Å². The minimum absolute atomic E-state index is 0.0983. The Hall–Kier alpha value is -2.05. The molecule has 2 aromatic carbocycles. The number of fused-ring (bicyclic) bond motifs is 1. The Morgan fingerprint density at radius 2 is 1.93 bits per heavy atom. The van der Waals surface area contributed by atoms with Gasteiger partial charge in [-0.1, -0.05) is 18.2 Å². The number of phenols is 1. The van der Waals surface area contributed by atoms with Crippen molar-refractivity contribution >= 4 is 9.84 Å². The zero-order valence-electron chi connectivity index (χ0n) is 16.3. The molecule has 0 atom stereocenters. The number of aromatic hydroxyl groups is 1. The average molecular weight is 390 g/mol. The molecular weight excluding hydrogens is 362 g/mol. The number of nitrogens with zero attached hydrogens (tertiary/aromatic N) is 1. The van der Waals surface area contributed by atoms with Crippen molar-refractivity contribution in [1.29, 1.82) is 0 Å². The summed E-state index contributed by atoms with van der Waals surface area (Å²) in [6, 6.07) is 11.0. The highest BCUT2D eigenvalue weighted by molar-refractivity contribution is 7.90. The molecule has 0 saturated heterocycles. The van der Waals surface area contributed by atoms with Crippen LogP contribution in [0, 0.1) is 0 Å². The second-order valence-electron chi connectivity index (χ2n) is 7.84. The largest absolute Gasteiger partial charge is 0.504 e. The Morgan fingerprint density at radius 3 is 2.59 bits per heavy atom. The highest BCUT2D eigenvalue weighted by atomic mass is 32.2. The summed E-state index contributed by atoms with van der Waals surface area (Å²) in [5.41, 5.74) is 3.03. The van der Waals surface area contributed by atoms with Crippen LogP contribution in [-0.4, -0.2) is 37.3 Å². The van der Waals surface area contributed by atoms with Gasteiger partial charge < -0.3 is 9.84 Å². The standard InChI is InChI=1S/C21H27NO4S/c1-21(2,11-10-15-8-9-18(23)19(12-15)26-3)22-13-16-6-5-7-20(17(16)14-22)27(4,24)25/h5-9,12,23H,10-11,13-14H2,1-4H3. The molecule has 0 spiro atoms. The third-order valence-electron chi connectivity index (χ3n) is 5.47. The zero-order chi connectivity index (χ0) is 19.8. The molecule has 1 heterocycles. The van der Waals surface area contributed by atoms with Crippen LogP contribution < -0.4 is 4.74 Å². The van der Waals surface area contributed by atoms with E-state index in [1.807, 2.05) is 24.3 Å². The van der Waals surface area contributed by atoms with Crippen molar-refractivity contribution in [3.8, 4) is 11.5 Å². The number of sulfone groups is 1. The third-order valence-corrected chi connectivity index (χ3v) is 6.65. The van der Waals surface area contributed by atoms with E-state index in [0.29, 0.717) is 17.2 Å². The number of ether oxygens (including phenoxy) is 1. The maximum absolute atomic E-state index is 12.1. The first-order valence-electron chi connectivity index (χ1n) is 9.03. The second kappa shape index (κ2) is 7.17. The lowest BCUT2D eigenvalue weighted by Crippen LogP contribution is -2.40. The van der Waals surface area contributed by atoms with Crippen LogP contribution in [0.5, 0.6) is 11.5 Å². The van der Waals surface area contributed by atoms with Gasteiger partial charge in [-0.2, -0.15) is 0 Å². The van der Waals surface area contributed by atoms with Gasteiger partial charge in [-0.05, 0) is 61.6 Å². The van der Waals surface area contributed by atoms with Gasteiger partial charge in [0.25, 0.3) is 0 Å². The average Bonchev–Trinajstić information content (AvgIpc) is 3.05. The van der Waals surface area contributed by atoms with Crippen LogP contribution in [-0.2, 0) is 29.3 Å². The number of benzene rings is 2. The fraction of sp³-hybridized carbons (Fsp3) is 0.429. The summed E-state index contributed by atoms with van der Waals surface area (Å²) in [5, 5.41) is 9.75. The van der Waals surface area contributed by atoms with Gasteiger partial charge in [0.2, 0.25) is 0 Å². The van der Waals surface area contributed by atoms with Crippen LogP contribution in [0.3, 0.4) is 0 Å². The Balaban J connectivity index is 1.75.